The summed E-state index contributed by atoms with van der Waals surface area (Å²) in [5, 5.41) is 8.66. The van der Waals surface area contributed by atoms with Gasteiger partial charge >= 0.3 is 0 Å². The standard InChI is InChI=1S/C21H17ClN4O2S/c1-3-26-21(28)19(23-14-8-6-7-13(22)11-14)17(12(2)27)18(25-26)20-24-15-9-4-5-10-16(15)29-20/h4-11,23H,3H2,1-2H3. The number of carbonyl (C=O) groups excluding carboxylic acids is 1. The third-order valence-electron chi connectivity index (χ3n) is 4.40. The van der Waals surface area contributed by atoms with Gasteiger partial charge in [0.15, 0.2) is 5.78 Å². The fourth-order valence-corrected chi connectivity index (χ4v) is 4.22. The van der Waals surface area contributed by atoms with Crippen LogP contribution in [0.2, 0.25) is 5.02 Å². The maximum Gasteiger partial charge on any atom is 0.291 e. The molecule has 0 aliphatic heterocycles. The lowest BCUT2D eigenvalue weighted by Gasteiger charge is -2.15. The molecule has 0 saturated heterocycles. The van der Waals surface area contributed by atoms with Crippen LogP contribution < -0.4 is 10.9 Å². The Morgan fingerprint density at radius 3 is 2.69 bits per heavy atom. The molecule has 0 fully saturated rings. The number of anilines is 2. The van der Waals surface area contributed by atoms with Crippen molar-refractivity contribution in [3.8, 4) is 10.7 Å². The number of fused-ring (bicyclic) bond motifs is 1. The van der Waals surface area contributed by atoms with Gasteiger partial charge in [0.05, 0.1) is 15.8 Å². The number of aromatic nitrogens is 3. The van der Waals surface area contributed by atoms with Gasteiger partial charge in [-0.15, -0.1) is 11.3 Å². The number of thiazole rings is 1. The molecule has 2 aromatic heterocycles. The van der Waals surface area contributed by atoms with Crippen LogP contribution in [0.15, 0.2) is 53.3 Å². The number of hydrogen-bond acceptors (Lipinski definition) is 6. The van der Waals surface area contributed by atoms with Gasteiger partial charge in [-0.1, -0.05) is 29.8 Å². The first-order valence-electron chi connectivity index (χ1n) is 9.02. The van der Waals surface area contributed by atoms with Gasteiger partial charge in [-0.05, 0) is 44.2 Å². The Kier molecular flexibility index (Phi) is 5.17. The molecule has 8 heteroatoms. The zero-order chi connectivity index (χ0) is 20.5. The quantitative estimate of drug-likeness (QED) is 0.449. The lowest BCUT2D eigenvalue weighted by molar-refractivity contribution is 0.101. The predicted molar refractivity (Wildman–Crippen MR) is 118 cm³/mol. The van der Waals surface area contributed by atoms with E-state index in [-0.39, 0.29) is 22.6 Å². The molecule has 6 nitrogen and oxygen atoms in total. The molecule has 0 aliphatic rings. The molecule has 0 saturated carbocycles. The summed E-state index contributed by atoms with van der Waals surface area (Å²) in [4.78, 5) is 30.2. The van der Waals surface area contributed by atoms with Gasteiger partial charge in [-0.2, -0.15) is 5.10 Å². The van der Waals surface area contributed by atoms with Gasteiger partial charge < -0.3 is 5.32 Å². The first-order valence-corrected chi connectivity index (χ1v) is 10.2. The highest BCUT2D eigenvalue weighted by Gasteiger charge is 2.24. The van der Waals surface area contributed by atoms with Crippen LogP contribution in [-0.2, 0) is 6.54 Å². The fourth-order valence-electron chi connectivity index (χ4n) is 3.08. The smallest absolute Gasteiger partial charge is 0.291 e. The lowest BCUT2D eigenvalue weighted by atomic mass is 10.1. The minimum atomic E-state index is -0.373. The topological polar surface area (TPSA) is 76.9 Å². The molecule has 2 heterocycles. The highest BCUT2D eigenvalue weighted by atomic mass is 35.5. The van der Waals surface area contributed by atoms with E-state index in [1.54, 1.807) is 24.3 Å². The molecule has 1 N–H and O–H groups in total. The summed E-state index contributed by atoms with van der Waals surface area (Å²) >= 11 is 7.51. The van der Waals surface area contributed by atoms with Crippen LogP contribution in [0.4, 0.5) is 11.4 Å². The zero-order valence-electron chi connectivity index (χ0n) is 15.8. The van der Waals surface area contributed by atoms with Gasteiger partial charge in [0, 0.05) is 17.3 Å². The number of nitrogens with one attached hydrogen (secondary N) is 1. The molecule has 0 unspecified atom stereocenters. The summed E-state index contributed by atoms with van der Waals surface area (Å²) in [5.41, 5.74) is 1.85. The van der Waals surface area contributed by atoms with Crippen molar-refractivity contribution in [3.05, 3.63) is 69.5 Å². The minimum absolute atomic E-state index is 0.172. The Morgan fingerprint density at radius 2 is 2.00 bits per heavy atom. The van der Waals surface area contributed by atoms with E-state index in [0.29, 0.717) is 28.0 Å². The number of hydrogen-bond donors (Lipinski definition) is 1. The molecular weight excluding hydrogens is 408 g/mol. The van der Waals surface area contributed by atoms with Crippen LogP contribution in [-0.4, -0.2) is 20.5 Å². The van der Waals surface area contributed by atoms with Crippen molar-refractivity contribution in [2.75, 3.05) is 5.32 Å². The highest BCUT2D eigenvalue weighted by molar-refractivity contribution is 7.21. The molecule has 0 amide bonds. The van der Waals surface area contributed by atoms with E-state index in [0.717, 1.165) is 10.2 Å². The Morgan fingerprint density at radius 1 is 1.21 bits per heavy atom. The Balaban J connectivity index is 1.98. The average molecular weight is 425 g/mol. The summed E-state index contributed by atoms with van der Waals surface area (Å²) in [6.45, 7) is 3.61. The molecular formula is C21H17ClN4O2S. The van der Waals surface area contributed by atoms with Crippen LogP contribution in [0.1, 0.15) is 24.2 Å². The third kappa shape index (κ3) is 3.66. The summed E-state index contributed by atoms with van der Waals surface area (Å²) in [7, 11) is 0. The number of ketones is 1. The second-order valence-corrected chi connectivity index (χ2v) is 7.86. The zero-order valence-corrected chi connectivity index (χ0v) is 17.3. The minimum Gasteiger partial charge on any atom is -0.350 e. The molecule has 0 spiro atoms. The predicted octanol–water partition coefficient (Wildman–Crippen LogP) is 5.14. The van der Waals surface area contributed by atoms with Gasteiger partial charge in [0.1, 0.15) is 16.4 Å². The van der Waals surface area contributed by atoms with Crippen molar-refractivity contribution in [1.82, 2.24) is 14.8 Å². The van der Waals surface area contributed by atoms with Crippen LogP contribution in [0.25, 0.3) is 20.9 Å². The molecule has 2 aromatic carbocycles. The van der Waals surface area contributed by atoms with Crippen LogP contribution in [0.5, 0.6) is 0 Å². The van der Waals surface area contributed by atoms with E-state index in [4.69, 9.17) is 11.6 Å². The van der Waals surface area contributed by atoms with Crippen molar-refractivity contribution in [1.29, 1.82) is 0 Å². The number of para-hydroxylation sites is 1. The van der Waals surface area contributed by atoms with E-state index in [1.807, 2.05) is 31.2 Å². The molecule has 0 radical (unpaired) electrons. The van der Waals surface area contributed by atoms with E-state index >= 15 is 0 Å². The van der Waals surface area contributed by atoms with Crippen molar-refractivity contribution in [2.45, 2.75) is 20.4 Å². The fraction of sp³-hybridized carbons (Fsp3) is 0.143. The van der Waals surface area contributed by atoms with Gasteiger partial charge in [0.2, 0.25) is 0 Å². The molecule has 29 heavy (non-hydrogen) atoms. The number of rotatable bonds is 5. The Labute approximate surface area is 175 Å². The molecule has 0 atom stereocenters. The van der Waals surface area contributed by atoms with E-state index in [2.05, 4.69) is 15.4 Å². The van der Waals surface area contributed by atoms with Crippen molar-refractivity contribution >= 4 is 50.3 Å². The van der Waals surface area contributed by atoms with Gasteiger partial charge in [-0.3, -0.25) is 9.59 Å². The van der Waals surface area contributed by atoms with Crippen molar-refractivity contribution in [3.63, 3.8) is 0 Å². The number of halogens is 1. The van der Waals surface area contributed by atoms with Crippen molar-refractivity contribution in [2.24, 2.45) is 0 Å². The summed E-state index contributed by atoms with van der Waals surface area (Å²) in [5.74, 6) is -0.267. The second-order valence-electron chi connectivity index (χ2n) is 6.40. The first-order chi connectivity index (χ1) is 14.0. The van der Waals surface area contributed by atoms with Gasteiger partial charge in [0.25, 0.3) is 5.56 Å². The summed E-state index contributed by atoms with van der Waals surface area (Å²) < 4.78 is 2.32. The average Bonchev–Trinajstić information content (AvgIpc) is 3.13. The number of Topliss-reactive ketones (excluding diaryl/α,β-unsaturated/α-hetero) is 1. The van der Waals surface area contributed by atoms with E-state index < -0.39 is 0 Å². The maximum atomic E-state index is 13.0. The molecule has 0 aliphatic carbocycles. The van der Waals surface area contributed by atoms with Crippen LogP contribution >= 0.6 is 22.9 Å². The summed E-state index contributed by atoms with van der Waals surface area (Å²) in [6, 6.07) is 14.7. The number of aryl methyl sites for hydroxylation is 1. The molecule has 4 rings (SSSR count). The number of carbonyl (C=O) groups is 1. The highest BCUT2D eigenvalue weighted by Crippen LogP contribution is 2.33. The van der Waals surface area contributed by atoms with Gasteiger partial charge in [-0.25, -0.2) is 9.67 Å². The van der Waals surface area contributed by atoms with Crippen LogP contribution in [0.3, 0.4) is 0 Å². The van der Waals surface area contributed by atoms with E-state index in [1.165, 1.54) is 22.9 Å². The maximum absolute atomic E-state index is 13.0. The van der Waals surface area contributed by atoms with Crippen LogP contribution in [0, 0.1) is 0 Å². The second kappa shape index (κ2) is 7.77. The Bertz CT molecular complexity index is 1260. The summed E-state index contributed by atoms with van der Waals surface area (Å²) in [6.07, 6.45) is 0. The largest absolute Gasteiger partial charge is 0.350 e. The SMILES string of the molecule is CCn1nc(-c2nc3ccccc3s2)c(C(C)=O)c(Nc2cccc(Cl)c2)c1=O. The number of nitrogens with zero attached hydrogens (tertiary/aromatic N) is 3. The van der Waals surface area contributed by atoms with E-state index in [9.17, 15) is 9.59 Å². The van der Waals surface area contributed by atoms with Crippen molar-refractivity contribution < 1.29 is 4.79 Å². The third-order valence-corrected chi connectivity index (χ3v) is 5.68. The molecule has 146 valence electrons. The number of benzene rings is 2. The molecule has 4 aromatic rings. The normalized spacial score (nSPS) is 11.0. The molecule has 0 bridgehead atoms. The first kappa shape index (κ1) is 19.3. The Hall–Kier alpha value is -3.03. The monoisotopic (exact) mass is 424 g/mol. The lowest BCUT2D eigenvalue weighted by Crippen LogP contribution is -2.28.